The fourth-order valence-corrected chi connectivity index (χ4v) is 2.20. The predicted molar refractivity (Wildman–Crippen MR) is 83.0 cm³/mol. The lowest BCUT2D eigenvalue weighted by Crippen LogP contribution is -1.99. The number of anilines is 3. The van der Waals surface area contributed by atoms with Gasteiger partial charge < -0.3 is 11.1 Å². The van der Waals surface area contributed by atoms with E-state index in [1.807, 2.05) is 12.1 Å². The van der Waals surface area contributed by atoms with E-state index in [-0.39, 0.29) is 5.82 Å². The summed E-state index contributed by atoms with van der Waals surface area (Å²) in [6.07, 6.45) is 0. The largest absolute Gasteiger partial charge is 0.397 e. The molecule has 2 aromatic carbocycles. The van der Waals surface area contributed by atoms with Crippen LogP contribution in [0.5, 0.6) is 0 Å². The first-order chi connectivity index (χ1) is 8.47. The Kier molecular flexibility index (Phi) is 3.97. The third-order valence-corrected chi connectivity index (χ3v) is 3.53. The molecular formula is C13H11ClFIN2. The van der Waals surface area contributed by atoms with E-state index < -0.39 is 0 Å². The van der Waals surface area contributed by atoms with E-state index in [9.17, 15) is 4.39 Å². The molecule has 0 bridgehead atoms. The predicted octanol–water partition coefficient (Wildman–Crippen LogP) is 4.72. The molecular weight excluding hydrogens is 366 g/mol. The van der Waals surface area contributed by atoms with E-state index in [0.717, 1.165) is 9.26 Å². The van der Waals surface area contributed by atoms with E-state index in [1.165, 1.54) is 6.07 Å². The Hall–Kier alpha value is -1.01. The lowest BCUT2D eigenvalue weighted by Gasteiger charge is -2.12. The molecule has 0 saturated heterocycles. The molecule has 0 aliphatic heterocycles. The van der Waals surface area contributed by atoms with Crippen LogP contribution in [0.25, 0.3) is 0 Å². The molecule has 2 nitrogen and oxygen atoms in total. The van der Waals surface area contributed by atoms with Gasteiger partial charge in [0.05, 0.1) is 22.1 Å². The summed E-state index contributed by atoms with van der Waals surface area (Å²) >= 11 is 8.28. The molecule has 3 N–H and O–H groups in total. The van der Waals surface area contributed by atoms with E-state index in [1.54, 1.807) is 19.1 Å². The average Bonchev–Trinajstić information content (AvgIpc) is 2.30. The van der Waals surface area contributed by atoms with Gasteiger partial charge in [0.25, 0.3) is 0 Å². The molecule has 5 heteroatoms. The van der Waals surface area contributed by atoms with Gasteiger partial charge in [-0.2, -0.15) is 0 Å². The van der Waals surface area contributed by atoms with Crippen LogP contribution in [-0.4, -0.2) is 0 Å². The summed E-state index contributed by atoms with van der Waals surface area (Å²) in [5.74, 6) is -0.313. The highest BCUT2D eigenvalue weighted by molar-refractivity contribution is 14.1. The van der Waals surface area contributed by atoms with Crippen LogP contribution in [0.3, 0.4) is 0 Å². The van der Waals surface area contributed by atoms with Gasteiger partial charge in [0.1, 0.15) is 5.82 Å². The maximum absolute atomic E-state index is 13.3. The number of benzene rings is 2. The van der Waals surface area contributed by atoms with Gasteiger partial charge in [-0.15, -0.1) is 0 Å². The minimum atomic E-state index is -0.313. The van der Waals surface area contributed by atoms with Crippen LogP contribution < -0.4 is 11.1 Å². The van der Waals surface area contributed by atoms with Crippen molar-refractivity contribution in [1.29, 1.82) is 0 Å². The molecule has 0 aliphatic rings. The summed E-state index contributed by atoms with van der Waals surface area (Å²) in [6, 6.07) is 8.59. The molecule has 2 aromatic rings. The molecule has 0 spiro atoms. The molecule has 18 heavy (non-hydrogen) atoms. The van der Waals surface area contributed by atoms with Crippen molar-refractivity contribution in [2.24, 2.45) is 0 Å². The number of hydrogen-bond acceptors (Lipinski definition) is 2. The van der Waals surface area contributed by atoms with Gasteiger partial charge in [0.2, 0.25) is 0 Å². The summed E-state index contributed by atoms with van der Waals surface area (Å²) in [6.45, 7) is 1.69. The smallest absolute Gasteiger partial charge is 0.128 e. The number of rotatable bonds is 2. The van der Waals surface area contributed by atoms with Crippen molar-refractivity contribution in [3.63, 3.8) is 0 Å². The second kappa shape index (κ2) is 5.32. The van der Waals surface area contributed by atoms with Crippen molar-refractivity contribution < 1.29 is 4.39 Å². The first-order valence-corrected chi connectivity index (χ1v) is 6.71. The molecule has 0 fully saturated rings. The zero-order valence-corrected chi connectivity index (χ0v) is 12.5. The lowest BCUT2D eigenvalue weighted by atomic mass is 10.1. The fourth-order valence-electron chi connectivity index (χ4n) is 1.54. The zero-order valence-electron chi connectivity index (χ0n) is 9.60. The molecule has 2 rings (SSSR count). The highest BCUT2D eigenvalue weighted by Crippen LogP contribution is 2.31. The number of nitrogens with one attached hydrogen (secondary N) is 1. The van der Waals surface area contributed by atoms with Crippen LogP contribution in [0.4, 0.5) is 21.5 Å². The average molecular weight is 377 g/mol. The van der Waals surface area contributed by atoms with Crippen molar-refractivity contribution in [1.82, 2.24) is 0 Å². The minimum Gasteiger partial charge on any atom is -0.397 e. The monoisotopic (exact) mass is 376 g/mol. The number of hydrogen-bond donors (Lipinski definition) is 2. The van der Waals surface area contributed by atoms with E-state index in [2.05, 4.69) is 27.9 Å². The van der Waals surface area contributed by atoms with Crippen LogP contribution in [0.1, 0.15) is 5.56 Å². The Bertz CT molecular complexity index is 602. The topological polar surface area (TPSA) is 38.0 Å². The van der Waals surface area contributed by atoms with Gasteiger partial charge >= 0.3 is 0 Å². The first kappa shape index (κ1) is 13.4. The van der Waals surface area contributed by atoms with Gasteiger partial charge in [0.15, 0.2) is 0 Å². The van der Waals surface area contributed by atoms with Crippen LogP contribution >= 0.6 is 34.2 Å². The molecule has 0 amide bonds. The summed E-state index contributed by atoms with van der Waals surface area (Å²) in [5, 5.41) is 3.72. The lowest BCUT2D eigenvalue weighted by molar-refractivity contribution is 0.619. The van der Waals surface area contributed by atoms with Gasteiger partial charge in [-0.1, -0.05) is 11.6 Å². The molecule has 0 heterocycles. The van der Waals surface area contributed by atoms with Gasteiger partial charge in [-0.05, 0) is 65.4 Å². The second-order valence-electron chi connectivity index (χ2n) is 3.94. The summed E-state index contributed by atoms with van der Waals surface area (Å²) < 4.78 is 14.4. The van der Waals surface area contributed by atoms with Crippen molar-refractivity contribution in [2.75, 3.05) is 11.1 Å². The Morgan fingerprint density at radius 2 is 1.94 bits per heavy atom. The van der Waals surface area contributed by atoms with Crippen molar-refractivity contribution in [3.05, 3.63) is 50.3 Å². The van der Waals surface area contributed by atoms with E-state index in [4.69, 9.17) is 17.3 Å². The maximum Gasteiger partial charge on any atom is 0.128 e. The zero-order chi connectivity index (χ0) is 13.3. The van der Waals surface area contributed by atoms with E-state index >= 15 is 0 Å². The Labute approximate surface area is 123 Å². The maximum atomic E-state index is 13.3. The Morgan fingerprint density at radius 1 is 1.22 bits per heavy atom. The Balaban J connectivity index is 2.40. The molecule has 0 aromatic heterocycles. The van der Waals surface area contributed by atoms with Crippen molar-refractivity contribution in [3.8, 4) is 0 Å². The van der Waals surface area contributed by atoms with Crippen molar-refractivity contribution >= 4 is 51.3 Å². The first-order valence-electron chi connectivity index (χ1n) is 5.25. The normalized spacial score (nSPS) is 10.4. The van der Waals surface area contributed by atoms with Gasteiger partial charge in [-0.3, -0.25) is 0 Å². The minimum absolute atomic E-state index is 0.313. The van der Waals surface area contributed by atoms with Crippen LogP contribution in [0.2, 0.25) is 5.02 Å². The number of halogens is 3. The molecule has 0 atom stereocenters. The number of nitrogen functional groups attached to an aromatic ring is 1. The SMILES string of the molecule is Cc1cc(Nc2cc(I)ccc2Cl)c(N)cc1F. The fraction of sp³-hybridized carbons (Fsp3) is 0.0769. The summed E-state index contributed by atoms with van der Waals surface area (Å²) in [4.78, 5) is 0. The third kappa shape index (κ3) is 2.87. The second-order valence-corrected chi connectivity index (χ2v) is 5.59. The molecule has 0 radical (unpaired) electrons. The number of aryl methyl sites for hydroxylation is 1. The molecule has 0 aliphatic carbocycles. The highest BCUT2D eigenvalue weighted by atomic mass is 127. The summed E-state index contributed by atoms with van der Waals surface area (Å²) in [5.41, 5.74) is 8.07. The third-order valence-electron chi connectivity index (χ3n) is 2.53. The van der Waals surface area contributed by atoms with Crippen LogP contribution in [0, 0.1) is 16.3 Å². The van der Waals surface area contributed by atoms with Gasteiger partial charge in [-0.25, -0.2) is 4.39 Å². The summed E-state index contributed by atoms with van der Waals surface area (Å²) in [7, 11) is 0. The molecule has 0 unspecified atom stereocenters. The highest BCUT2D eigenvalue weighted by Gasteiger charge is 2.07. The Morgan fingerprint density at radius 3 is 2.67 bits per heavy atom. The molecule has 0 saturated carbocycles. The van der Waals surface area contributed by atoms with Crippen LogP contribution in [-0.2, 0) is 0 Å². The number of nitrogens with two attached hydrogens (primary N) is 1. The van der Waals surface area contributed by atoms with Gasteiger partial charge in [0, 0.05) is 3.57 Å². The van der Waals surface area contributed by atoms with E-state index in [0.29, 0.717) is 22.0 Å². The quantitative estimate of drug-likeness (QED) is 0.588. The van der Waals surface area contributed by atoms with Crippen LogP contribution in [0.15, 0.2) is 30.3 Å². The van der Waals surface area contributed by atoms with Crippen molar-refractivity contribution in [2.45, 2.75) is 6.92 Å². The standard InChI is InChI=1S/C13H11ClFIN2/c1-7-4-13(11(17)6-10(7)15)18-12-5-8(16)2-3-9(12)14/h2-6,18H,17H2,1H3. The molecule has 94 valence electrons.